The zero-order chi connectivity index (χ0) is 25.5. The van der Waals surface area contributed by atoms with Crippen LogP contribution in [-0.2, 0) is 19.9 Å². The van der Waals surface area contributed by atoms with Crippen LogP contribution in [-0.4, -0.2) is 45.4 Å². The molecule has 1 aliphatic rings. The van der Waals surface area contributed by atoms with Crippen molar-refractivity contribution in [3.05, 3.63) is 59.4 Å². The summed E-state index contributed by atoms with van der Waals surface area (Å²) in [5, 5.41) is 21.6. The van der Waals surface area contributed by atoms with Crippen LogP contribution in [0.3, 0.4) is 0 Å². The Bertz CT molecular complexity index is 1150. The SMILES string of the molecule is CCc1cc(NC(=O)NC(CCc2ccc(F)cc2)C2CNCCC2CC)cc(-c2nnnn2C)c1. The van der Waals surface area contributed by atoms with Gasteiger partial charge < -0.3 is 16.0 Å². The standard InChI is InChI=1S/C27H36FN7O/c1-4-18-14-21(26-32-33-34-35(26)3)16-23(15-18)30-27(36)31-25(24-17-29-13-12-20(24)5-2)11-8-19-6-9-22(28)10-7-19/h6-7,9-10,14-16,20,24-25,29H,4-5,8,11-13,17H2,1-3H3,(H2,30,31,36). The molecule has 3 unspecified atom stereocenters. The van der Waals surface area contributed by atoms with E-state index < -0.39 is 0 Å². The Kier molecular flexibility index (Phi) is 8.64. The van der Waals surface area contributed by atoms with Crippen LogP contribution in [0.25, 0.3) is 11.4 Å². The fourth-order valence-corrected chi connectivity index (χ4v) is 5.19. The van der Waals surface area contributed by atoms with Crippen molar-refractivity contribution < 1.29 is 9.18 Å². The Labute approximate surface area is 212 Å². The van der Waals surface area contributed by atoms with Crippen LogP contribution in [0.1, 0.15) is 44.2 Å². The van der Waals surface area contributed by atoms with Crippen molar-refractivity contribution in [2.75, 3.05) is 18.4 Å². The molecule has 1 aliphatic heterocycles. The Hall–Kier alpha value is -3.33. The highest BCUT2D eigenvalue weighted by Crippen LogP contribution is 2.28. The summed E-state index contributed by atoms with van der Waals surface area (Å²) in [4.78, 5) is 13.2. The number of halogens is 1. The number of urea groups is 1. The van der Waals surface area contributed by atoms with Gasteiger partial charge in [0.1, 0.15) is 5.82 Å². The molecule has 0 bridgehead atoms. The molecular formula is C27H36FN7O. The van der Waals surface area contributed by atoms with Crippen LogP contribution in [0.2, 0.25) is 0 Å². The van der Waals surface area contributed by atoms with Crippen molar-refractivity contribution in [2.24, 2.45) is 18.9 Å². The van der Waals surface area contributed by atoms with E-state index in [1.54, 1.807) is 11.7 Å². The maximum atomic E-state index is 13.4. The molecule has 8 nitrogen and oxygen atoms in total. The molecule has 4 rings (SSSR count). The van der Waals surface area contributed by atoms with E-state index in [0.717, 1.165) is 61.9 Å². The molecule has 0 aliphatic carbocycles. The molecule has 3 aromatic rings. The number of nitrogens with one attached hydrogen (secondary N) is 3. The summed E-state index contributed by atoms with van der Waals surface area (Å²) in [6, 6.07) is 12.3. The summed E-state index contributed by atoms with van der Waals surface area (Å²) in [7, 11) is 1.79. The molecular weight excluding hydrogens is 457 g/mol. The molecule has 3 atom stereocenters. The number of anilines is 1. The van der Waals surface area contributed by atoms with Gasteiger partial charge in [0.2, 0.25) is 0 Å². The predicted molar refractivity (Wildman–Crippen MR) is 139 cm³/mol. The second-order valence-corrected chi connectivity index (χ2v) is 9.59. The molecule has 1 aromatic heterocycles. The lowest BCUT2D eigenvalue weighted by atomic mass is 9.78. The zero-order valence-electron chi connectivity index (χ0n) is 21.3. The lowest BCUT2D eigenvalue weighted by molar-refractivity contribution is 0.183. The lowest BCUT2D eigenvalue weighted by Crippen LogP contribution is -2.51. The number of nitrogens with zero attached hydrogens (tertiary/aromatic N) is 4. The molecule has 2 aromatic carbocycles. The highest BCUT2D eigenvalue weighted by atomic mass is 19.1. The Balaban J connectivity index is 1.50. The van der Waals surface area contributed by atoms with E-state index in [1.807, 2.05) is 30.3 Å². The number of aromatic nitrogens is 4. The number of benzene rings is 2. The summed E-state index contributed by atoms with van der Waals surface area (Å²) >= 11 is 0. The van der Waals surface area contributed by atoms with E-state index >= 15 is 0 Å². The number of hydrogen-bond donors (Lipinski definition) is 3. The third-order valence-corrected chi connectivity index (χ3v) is 7.23. The Morgan fingerprint density at radius 2 is 2.00 bits per heavy atom. The minimum absolute atomic E-state index is 0.00966. The smallest absolute Gasteiger partial charge is 0.319 e. The van der Waals surface area contributed by atoms with Gasteiger partial charge in [-0.15, -0.1) is 5.10 Å². The first-order chi connectivity index (χ1) is 17.5. The van der Waals surface area contributed by atoms with E-state index in [-0.39, 0.29) is 17.9 Å². The minimum atomic E-state index is -0.235. The first-order valence-corrected chi connectivity index (χ1v) is 12.9. The third kappa shape index (κ3) is 6.46. The summed E-state index contributed by atoms with van der Waals surface area (Å²) < 4.78 is 15.0. The van der Waals surface area contributed by atoms with Gasteiger partial charge in [0.05, 0.1) is 0 Å². The van der Waals surface area contributed by atoms with E-state index in [0.29, 0.717) is 23.3 Å². The van der Waals surface area contributed by atoms with Crippen LogP contribution in [0.5, 0.6) is 0 Å². The fraction of sp³-hybridized carbons (Fsp3) is 0.481. The predicted octanol–water partition coefficient (Wildman–Crippen LogP) is 4.34. The maximum absolute atomic E-state index is 13.4. The van der Waals surface area contributed by atoms with Crippen molar-refractivity contribution in [1.29, 1.82) is 0 Å². The molecule has 36 heavy (non-hydrogen) atoms. The number of carbonyl (C=O) groups is 1. The Morgan fingerprint density at radius 1 is 1.19 bits per heavy atom. The highest BCUT2D eigenvalue weighted by Gasteiger charge is 2.31. The van der Waals surface area contributed by atoms with Crippen LogP contribution >= 0.6 is 0 Å². The van der Waals surface area contributed by atoms with Crippen LogP contribution in [0, 0.1) is 17.7 Å². The second-order valence-electron chi connectivity index (χ2n) is 9.59. The number of tetrazole rings is 1. The maximum Gasteiger partial charge on any atom is 0.319 e. The van der Waals surface area contributed by atoms with E-state index in [1.165, 1.54) is 12.1 Å². The van der Waals surface area contributed by atoms with Gasteiger partial charge in [-0.05, 0) is 95.9 Å². The van der Waals surface area contributed by atoms with Crippen molar-refractivity contribution >= 4 is 11.7 Å². The van der Waals surface area contributed by atoms with Crippen LogP contribution in [0.15, 0.2) is 42.5 Å². The minimum Gasteiger partial charge on any atom is -0.335 e. The molecule has 2 amide bonds. The summed E-state index contributed by atoms with van der Waals surface area (Å²) in [5.41, 5.74) is 3.71. The monoisotopic (exact) mass is 493 g/mol. The number of aryl methyl sites for hydroxylation is 3. The first kappa shape index (κ1) is 25.8. The third-order valence-electron chi connectivity index (χ3n) is 7.23. The Morgan fingerprint density at radius 3 is 2.69 bits per heavy atom. The summed E-state index contributed by atoms with van der Waals surface area (Å²) in [6.45, 7) is 6.18. The van der Waals surface area contributed by atoms with Crippen molar-refractivity contribution in [3.63, 3.8) is 0 Å². The topological polar surface area (TPSA) is 96.8 Å². The van der Waals surface area contributed by atoms with Gasteiger partial charge in [-0.25, -0.2) is 13.9 Å². The molecule has 0 radical (unpaired) electrons. The number of rotatable bonds is 9. The molecule has 1 saturated heterocycles. The van der Waals surface area contributed by atoms with Gasteiger partial charge in [-0.2, -0.15) is 0 Å². The number of piperidine rings is 1. The number of carbonyl (C=O) groups excluding carboxylic acids is 1. The fourth-order valence-electron chi connectivity index (χ4n) is 5.19. The van der Waals surface area contributed by atoms with Gasteiger partial charge in [0.25, 0.3) is 0 Å². The normalized spacial score (nSPS) is 18.6. The summed E-state index contributed by atoms with van der Waals surface area (Å²) in [6.07, 6.45) is 4.56. The molecule has 0 saturated carbocycles. The average molecular weight is 494 g/mol. The molecule has 0 spiro atoms. The number of hydrogen-bond acceptors (Lipinski definition) is 5. The van der Waals surface area contributed by atoms with Crippen molar-refractivity contribution in [1.82, 2.24) is 30.8 Å². The quantitative estimate of drug-likeness (QED) is 0.412. The summed E-state index contributed by atoms with van der Waals surface area (Å²) in [5.74, 6) is 1.28. The zero-order valence-corrected chi connectivity index (χ0v) is 21.3. The van der Waals surface area contributed by atoms with E-state index in [4.69, 9.17) is 0 Å². The van der Waals surface area contributed by atoms with Gasteiger partial charge in [-0.1, -0.05) is 32.4 Å². The highest BCUT2D eigenvalue weighted by molar-refractivity contribution is 5.90. The van der Waals surface area contributed by atoms with Crippen LogP contribution < -0.4 is 16.0 Å². The number of amides is 2. The second kappa shape index (κ2) is 12.1. The van der Waals surface area contributed by atoms with Gasteiger partial charge in [-0.3, -0.25) is 0 Å². The largest absolute Gasteiger partial charge is 0.335 e. The average Bonchev–Trinajstić information content (AvgIpc) is 3.33. The first-order valence-electron chi connectivity index (χ1n) is 12.9. The van der Waals surface area contributed by atoms with Crippen molar-refractivity contribution in [2.45, 2.75) is 52.0 Å². The van der Waals surface area contributed by atoms with Crippen LogP contribution in [0.4, 0.5) is 14.9 Å². The molecule has 3 N–H and O–H groups in total. The van der Waals surface area contributed by atoms with Gasteiger partial charge >= 0.3 is 6.03 Å². The van der Waals surface area contributed by atoms with Gasteiger partial charge in [0.15, 0.2) is 5.82 Å². The van der Waals surface area contributed by atoms with E-state index in [2.05, 4.69) is 45.3 Å². The molecule has 192 valence electrons. The van der Waals surface area contributed by atoms with Crippen molar-refractivity contribution in [3.8, 4) is 11.4 Å². The molecule has 2 heterocycles. The molecule has 9 heteroatoms. The lowest BCUT2D eigenvalue weighted by Gasteiger charge is -2.37. The van der Waals surface area contributed by atoms with Gasteiger partial charge in [0, 0.05) is 30.9 Å². The molecule has 1 fully saturated rings. The van der Waals surface area contributed by atoms with E-state index in [9.17, 15) is 9.18 Å².